The molecule has 1 aromatic heterocycles. The number of aromatic nitrogens is 2. The topological polar surface area (TPSA) is 47.0 Å². The van der Waals surface area contributed by atoms with E-state index in [0.29, 0.717) is 5.92 Å². The van der Waals surface area contributed by atoms with Crippen LogP contribution in [0.25, 0.3) is 0 Å². The Bertz CT molecular complexity index is 485. The van der Waals surface area contributed by atoms with Crippen LogP contribution in [0.15, 0.2) is 4.47 Å². The molecule has 1 fully saturated rings. The van der Waals surface area contributed by atoms with Gasteiger partial charge in [-0.1, -0.05) is 13.8 Å². The van der Waals surface area contributed by atoms with Crippen LogP contribution in [-0.2, 0) is 16.8 Å². The summed E-state index contributed by atoms with van der Waals surface area (Å²) in [6.07, 6.45) is 4.23. The minimum atomic E-state index is -0.352. The van der Waals surface area contributed by atoms with Gasteiger partial charge in [0.05, 0.1) is 10.2 Å². The molecule has 0 aliphatic carbocycles. The van der Waals surface area contributed by atoms with Crippen molar-refractivity contribution in [3.8, 4) is 0 Å². The fraction of sp³-hybridized carbons (Fsp3) is 0.750. The van der Waals surface area contributed by atoms with E-state index in [4.69, 9.17) is 14.7 Å². The number of nitrogens with one attached hydrogen (secondary N) is 1. The molecule has 0 spiro atoms. The molecule has 1 saturated heterocycles. The highest BCUT2D eigenvalue weighted by atomic mass is 79.9. The normalized spacial score (nSPS) is 22.6. The van der Waals surface area contributed by atoms with Crippen molar-refractivity contribution in [2.75, 3.05) is 18.5 Å². The number of ether oxygens (including phenoxy) is 1. The highest BCUT2D eigenvalue weighted by Gasteiger charge is 2.34. The second kappa shape index (κ2) is 7.05. The van der Waals surface area contributed by atoms with Crippen molar-refractivity contribution in [3.05, 3.63) is 16.0 Å². The van der Waals surface area contributed by atoms with Crippen molar-refractivity contribution >= 4 is 21.7 Å². The molecule has 1 aromatic rings. The van der Waals surface area contributed by atoms with Gasteiger partial charge in [-0.25, -0.2) is 9.97 Å². The van der Waals surface area contributed by atoms with E-state index in [1.165, 1.54) is 6.42 Å². The van der Waals surface area contributed by atoms with E-state index in [1.54, 1.807) is 0 Å². The summed E-state index contributed by atoms with van der Waals surface area (Å²) in [5.74, 6) is 2.25. The number of nitrogens with zero attached hydrogens (tertiary/aromatic N) is 2. The molecule has 5 heteroatoms. The summed E-state index contributed by atoms with van der Waals surface area (Å²) in [6, 6.07) is 0. The van der Waals surface area contributed by atoms with Gasteiger partial charge in [-0.3, -0.25) is 0 Å². The third kappa shape index (κ3) is 3.95. The van der Waals surface area contributed by atoms with E-state index in [0.717, 1.165) is 54.2 Å². The van der Waals surface area contributed by atoms with Crippen LogP contribution in [-0.4, -0.2) is 23.1 Å². The predicted molar refractivity (Wildman–Crippen MR) is 89.6 cm³/mol. The lowest BCUT2D eigenvalue weighted by molar-refractivity contribution is -0.0761. The lowest BCUT2D eigenvalue weighted by Crippen LogP contribution is -2.33. The van der Waals surface area contributed by atoms with Crippen molar-refractivity contribution in [2.45, 2.75) is 59.0 Å². The molecule has 0 saturated carbocycles. The molecule has 1 aliphatic heterocycles. The van der Waals surface area contributed by atoms with Gasteiger partial charge in [-0.15, -0.1) is 0 Å². The van der Waals surface area contributed by atoms with Crippen molar-refractivity contribution < 1.29 is 4.74 Å². The van der Waals surface area contributed by atoms with E-state index in [9.17, 15) is 0 Å². The summed E-state index contributed by atoms with van der Waals surface area (Å²) >= 11 is 3.66. The van der Waals surface area contributed by atoms with Crippen molar-refractivity contribution in [1.29, 1.82) is 0 Å². The van der Waals surface area contributed by atoms with Crippen LogP contribution in [0.3, 0.4) is 0 Å². The first kappa shape index (κ1) is 16.7. The average Bonchev–Trinajstić information content (AvgIpc) is 2.43. The molecule has 21 heavy (non-hydrogen) atoms. The Morgan fingerprint density at radius 2 is 2.10 bits per heavy atom. The number of halogens is 1. The summed E-state index contributed by atoms with van der Waals surface area (Å²) in [5, 5.41) is 3.33. The zero-order valence-electron chi connectivity index (χ0n) is 13.5. The van der Waals surface area contributed by atoms with Crippen LogP contribution in [0.5, 0.6) is 0 Å². The molecule has 4 nitrogen and oxygen atoms in total. The number of anilines is 1. The van der Waals surface area contributed by atoms with Crippen LogP contribution >= 0.6 is 15.9 Å². The largest absolute Gasteiger partial charge is 0.369 e. The molecule has 0 amide bonds. The van der Waals surface area contributed by atoms with Crippen LogP contribution in [0, 0.1) is 5.92 Å². The Kier molecular flexibility index (Phi) is 5.60. The van der Waals surface area contributed by atoms with Gasteiger partial charge in [0.25, 0.3) is 0 Å². The summed E-state index contributed by atoms with van der Waals surface area (Å²) in [6.45, 7) is 10.2. The second-order valence-corrected chi connectivity index (χ2v) is 7.11. The molecule has 0 radical (unpaired) electrons. The van der Waals surface area contributed by atoms with Crippen LogP contribution < -0.4 is 5.32 Å². The predicted octanol–water partition coefficient (Wildman–Crippen LogP) is 4.29. The SMILES string of the molecule is CCNc1nc(C2(C)CCCCO2)nc(CC(C)C)c1Br. The molecule has 0 aromatic carbocycles. The number of rotatable bonds is 5. The Morgan fingerprint density at radius 1 is 1.33 bits per heavy atom. The monoisotopic (exact) mass is 355 g/mol. The summed E-state index contributed by atoms with van der Waals surface area (Å²) in [7, 11) is 0. The van der Waals surface area contributed by atoms with Gasteiger partial charge >= 0.3 is 0 Å². The molecule has 2 heterocycles. The van der Waals surface area contributed by atoms with Gasteiger partial charge in [0, 0.05) is 13.2 Å². The average molecular weight is 356 g/mol. The maximum atomic E-state index is 6.02. The van der Waals surface area contributed by atoms with Crippen molar-refractivity contribution in [3.63, 3.8) is 0 Å². The molecule has 1 unspecified atom stereocenters. The molecular formula is C16H26BrN3O. The lowest BCUT2D eigenvalue weighted by atomic mass is 9.94. The molecule has 0 bridgehead atoms. The third-order valence-electron chi connectivity index (χ3n) is 3.81. The van der Waals surface area contributed by atoms with E-state index < -0.39 is 0 Å². The van der Waals surface area contributed by atoms with Crippen molar-refractivity contribution in [1.82, 2.24) is 9.97 Å². The zero-order valence-corrected chi connectivity index (χ0v) is 15.1. The van der Waals surface area contributed by atoms with Crippen LogP contribution in [0.2, 0.25) is 0 Å². The fourth-order valence-corrected chi connectivity index (χ4v) is 3.13. The van der Waals surface area contributed by atoms with Crippen LogP contribution in [0.4, 0.5) is 5.82 Å². The minimum Gasteiger partial charge on any atom is -0.369 e. The fourth-order valence-electron chi connectivity index (χ4n) is 2.65. The van der Waals surface area contributed by atoms with Gasteiger partial charge in [0.1, 0.15) is 11.4 Å². The lowest BCUT2D eigenvalue weighted by Gasteiger charge is -2.33. The zero-order chi connectivity index (χ0) is 15.5. The Labute approximate surface area is 136 Å². The van der Waals surface area contributed by atoms with E-state index in [1.807, 2.05) is 0 Å². The van der Waals surface area contributed by atoms with Crippen LogP contribution in [0.1, 0.15) is 58.5 Å². The molecule has 118 valence electrons. The van der Waals surface area contributed by atoms with E-state index in [2.05, 4.69) is 48.9 Å². The number of hydrogen-bond donors (Lipinski definition) is 1. The first-order valence-corrected chi connectivity index (χ1v) is 8.70. The smallest absolute Gasteiger partial charge is 0.162 e. The minimum absolute atomic E-state index is 0.352. The molecular weight excluding hydrogens is 330 g/mol. The second-order valence-electron chi connectivity index (χ2n) is 6.32. The summed E-state index contributed by atoms with van der Waals surface area (Å²) in [5.41, 5.74) is 0.718. The summed E-state index contributed by atoms with van der Waals surface area (Å²) in [4.78, 5) is 9.56. The molecule has 1 atom stereocenters. The maximum Gasteiger partial charge on any atom is 0.162 e. The van der Waals surface area contributed by atoms with E-state index in [-0.39, 0.29) is 5.60 Å². The highest BCUT2D eigenvalue weighted by Crippen LogP contribution is 2.35. The third-order valence-corrected chi connectivity index (χ3v) is 4.64. The molecule has 1 N–H and O–H groups in total. The standard InChI is InChI=1S/C16H26BrN3O/c1-5-18-14-13(17)12(10-11(2)3)19-15(20-14)16(4)8-6-7-9-21-16/h11H,5-10H2,1-4H3,(H,18,19,20). The van der Waals surface area contributed by atoms with Crippen molar-refractivity contribution in [2.24, 2.45) is 5.92 Å². The first-order valence-electron chi connectivity index (χ1n) is 7.91. The van der Waals surface area contributed by atoms with E-state index >= 15 is 0 Å². The molecule has 2 rings (SSSR count). The molecule has 1 aliphatic rings. The summed E-state index contributed by atoms with van der Waals surface area (Å²) < 4.78 is 7.00. The van der Waals surface area contributed by atoms with Gasteiger partial charge in [0.15, 0.2) is 5.82 Å². The first-order chi connectivity index (χ1) is 9.96. The van der Waals surface area contributed by atoms with Gasteiger partial charge in [-0.2, -0.15) is 0 Å². The van der Waals surface area contributed by atoms with Gasteiger partial charge < -0.3 is 10.1 Å². The van der Waals surface area contributed by atoms with Gasteiger partial charge in [0.2, 0.25) is 0 Å². The highest BCUT2D eigenvalue weighted by molar-refractivity contribution is 9.10. The number of hydrogen-bond acceptors (Lipinski definition) is 4. The Morgan fingerprint density at radius 3 is 2.67 bits per heavy atom. The quantitative estimate of drug-likeness (QED) is 0.855. The Hall–Kier alpha value is -0.680. The van der Waals surface area contributed by atoms with Gasteiger partial charge in [-0.05, 0) is 61.4 Å². The Balaban J connectivity index is 2.42. The maximum absolute atomic E-state index is 6.02.